The lowest BCUT2D eigenvalue weighted by Crippen LogP contribution is -2.55. The van der Waals surface area contributed by atoms with Crippen LogP contribution in [0.4, 0.5) is 4.79 Å². The minimum Gasteiger partial charge on any atom is -0.444 e. The summed E-state index contributed by atoms with van der Waals surface area (Å²) in [6, 6.07) is 7.45. The van der Waals surface area contributed by atoms with Gasteiger partial charge in [-0.1, -0.05) is 56.5 Å². The Morgan fingerprint density at radius 3 is 2.34 bits per heavy atom. The van der Waals surface area contributed by atoms with Crippen molar-refractivity contribution >= 4 is 12.0 Å². The van der Waals surface area contributed by atoms with Crippen LogP contribution in [0, 0.1) is 18.3 Å². The number of hydrogen-bond donors (Lipinski definition) is 1. The molecule has 0 radical (unpaired) electrons. The average molecular weight is 526 g/mol. The predicted molar refractivity (Wildman–Crippen MR) is 150 cm³/mol. The summed E-state index contributed by atoms with van der Waals surface area (Å²) < 4.78 is 7.47. The van der Waals surface area contributed by atoms with E-state index in [9.17, 15) is 9.59 Å². The maximum Gasteiger partial charge on any atom is 0.408 e. The highest BCUT2D eigenvalue weighted by atomic mass is 16.6. The van der Waals surface area contributed by atoms with Gasteiger partial charge in [0.25, 0.3) is 0 Å². The zero-order chi connectivity index (χ0) is 26.5. The number of nitrogens with zero attached hydrogens (tertiary/aromatic N) is 4. The molecule has 38 heavy (non-hydrogen) atoms. The number of piperidine rings is 1. The minimum absolute atomic E-state index is 0. The smallest absolute Gasteiger partial charge is 0.408 e. The molecule has 4 rings (SSSR count). The number of alkyl carbamates (subject to hydrolysis) is 1. The van der Waals surface area contributed by atoms with Crippen LogP contribution in [-0.2, 0) is 22.5 Å². The molecular formula is C30H47N5O3. The van der Waals surface area contributed by atoms with Gasteiger partial charge in [-0.25, -0.2) is 9.78 Å². The second-order valence-electron chi connectivity index (χ2n) is 12.0. The van der Waals surface area contributed by atoms with E-state index >= 15 is 0 Å². The van der Waals surface area contributed by atoms with Gasteiger partial charge in [-0.15, -0.1) is 0 Å². The molecule has 1 N–H and O–H groups in total. The van der Waals surface area contributed by atoms with E-state index in [1.54, 1.807) is 6.33 Å². The largest absolute Gasteiger partial charge is 0.444 e. The number of hydrogen-bond acceptors (Lipinski definition) is 5. The lowest BCUT2D eigenvalue weighted by molar-refractivity contribution is -0.137. The monoisotopic (exact) mass is 525 g/mol. The van der Waals surface area contributed by atoms with Crippen molar-refractivity contribution in [3.05, 3.63) is 48.0 Å². The molecule has 2 heterocycles. The van der Waals surface area contributed by atoms with Gasteiger partial charge < -0.3 is 15.0 Å². The Bertz CT molecular complexity index is 1020. The molecule has 1 aromatic carbocycles. The Labute approximate surface area is 228 Å². The molecule has 1 saturated carbocycles. The van der Waals surface area contributed by atoms with Crippen LogP contribution in [0.15, 0.2) is 36.9 Å². The summed E-state index contributed by atoms with van der Waals surface area (Å²) in [4.78, 5) is 32.6. The van der Waals surface area contributed by atoms with Crippen molar-refractivity contribution < 1.29 is 14.3 Å². The van der Waals surface area contributed by atoms with Gasteiger partial charge in [0.2, 0.25) is 5.91 Å². The Morgan fingerprint density at radius 1 is 1.11 bits per heavy atom. The number of amides is 2. The molecule has 2 fully saturated rings. The molecule has 2 aliphatic rings. The molecule has 2 aromatic rings. The summed E-state index contributed by atoms with van der Waals surface area (Å²) in [5, 5.41) is 7.29. The van der Waals surface area contributed by atoms with Gasteiger partial charge in [0.1, 0.15) is 24.3 Å². The van der Waals surface area contributed by atoms with Gasteiger partial charge in [-0.3, -0.25) is 9.48 Å². The number of benzene rings is 1. The van der Waals surface area contributed by atoms with Crippen molar-refractivity contribution in [3.8, 4) is 0 Å². The van der Waals surface area contributed by atoms with E-state index in [2.05, 4.69) is 15.4 Å². The van der Waals surface area contributed by atoms with E-state index in [4.69, 9.17) is 4.74 Å². The van der Waals surface area contributed by atoms with Crippen LogP contribution in [0.25, 0.3) is 0 Å². The van der Waals surface area contributed by atoms with Crippen LogP contribution in [-0.4, -0.2) is 56.4 Å². The van der Waals surface area contributed by atoms with Crippen LogP contribution in [0.1, 0.15) is 84.3 Å². The second kappa shape index (κ2) is 12.8. The molecule has 1 aromatic heterocycles. The normalized spacial score (nSPS) is 18.8. The van der Waals surface area contributed by atoms with Crippen LogP contribution in [0.2, 0.25) is 0 Å². The van der Waals surface area contributed by atoms with Crippen LogP contribution < -0.4 is 5.32 Å². The molecule has 2 amide bonds. The maximum absolute atomic E-state index is 13.8. The van der Waals surface area contributed by atoms with Gasteiger partial charge in [-0.05, 0) is 70.3 Å². The second-order valence-corrected chi connectivity index (χ2v) is 12.0. The third-order valence-corrected chi connectivity index (χ3v) is 8.04. The molecule has 1 atom stereocenters. The number of nitrogens with one attached hydrogen (secondary N) is 1. The lowest BCUT2D eigenvalue weighted by Gasteiger charge is -2.48. The molecule has 8 nitrogen and oxygen atoms in total. The number of likely N-dealkylation sites (tertiary alicyclic amines) is 1. The zero-order valence-corrected chi connectivity index (χ0v) is 22.9. The van der Waals surface area contributed by atoms with Gasteiger partial charge in [0, 0.05) is 26.1 Å². The molecule has 0 bridgehead atoms. The lowest BCUT2D eigenvalue weighted by atomic mass is 9.63. The molecule has 8 heteroatoms. The summed E-state index contributed by atoms with van der Waals surface area (Å²) in [6.07, 6.45) is 11.5. The summed E-state index contributed by atoms with van der Waals surface area (Å²) in [5.41, 5.74) is 1.66. The highest BCUT2D eigenvalue weighted by molar-refractivity contribution is 5.86. The number of aryl methyl sites for hydroxylation is 1. The number of carbonyl (C=O) groups excluding carboxylic acids is 2. The summed E-state index contributed by atoms with van der Waals surface area (Å²) in [7, 11) is 0. The van der Waals surface area contributed by atoms with Crippen molar-refractivity contribution in [1.29, 1.82) is 0 Å². The predicted octanol–water partition coefficient (Wildman–Crippen LogP) is 5.55. The Kier molecular flexibility index (Phi) is 9.96. The molecule has 0 spiro atoms. The zero-order valence-electron chi connectivity index (χ0n) is 22.9. The number of rotatable bonds is 7. The minimum atomic E-state index is -0.671. The Morgan fingerprint density at radius 2 is 1.76 bits per heavy atom. The molecule has 1 aliphatic heterocycles. The molecule has 1 saturated heterocycles. The average Bonchev–Trinajstić information content (AvgIpc) is 3.37. The van der Waals surface area contributed by atoms with E-state index in [0.717, 1.165) is 30.5 Å². The topological polar surface area (TPSA) is 89.4 Å². The Balaban J connectivity index is 0.00000400. The van der Waals surface area contributed by atoms with Crippen molar-refractivity contribution in [2.24, 2.45) is 11.3 Å². The summed E-state index contributed by atoms with van der Waals surface area (Å²) in [5.74, 6) is 0.607. The Hall–Kier alpha value is -2.90. The van der Waals surface area contributed by atoms with Crippen LogP contribution >= 0.6 is 0 Å². The molecule has 1 unspecified atom stereocenters. The van der Waals surface area contributed by atoms with Crippen molar-refractivity contribution in [1.82, 2.24) is 25.0 Å². The summed E-state index contributed by atoms with van der Waals surface area (Å²) in [6.45, 7) is 9.74. The van der Waals surface area contributed by atoms with Crippen molar-refractivity contribution in [2.45, 2.75) is 105 Å². The van der Waals surface area contributed by atoms with Gasteiger partial charge >= 0.3 is 6.09 Å². The molecular weight excluding hydrogens is 478 g/mol. The van der Waals surface area contributed by atoms with E-state index in [1.807, 2.05) is 67.9 Å². The van der Waals surface area contributed by atoms with E-state index < -0.39 is 17.7 Å². The molecule has 210 valence electrons. The first-order valence-electron chi connectivity index (χ1n) is 13.8. The van der Waals surface area contributed by atoms with Gasteiger partial charge in [-0.2, -0.15) is 5.10 Å². The van der Waals surface area contributed by atoms with Crippen molar-refractivity contribution in [2.75, 3.05) is 13.1 Å². The van der Waals surface area contributed by atoms with Gasteiger partial charge in [0.15, 0.2) is 0 Å². The third-order valence-electron chi connectivity index (χ3n) is 8.04. The fourth-order valence-electron chi connectivity index (χ4n) is 6.05. The maximum atomic E-state index is 13.8. The van der Waals surface area contributed by atoms with Crippen LogP contribution in [0.5, 0.6) is 0 Å². The van der Waals surface area contributed by atoms with E-state index in [-0.39, 0.29) is 18.7 Å². The first kappa shape index (κ1) is 29.7. The fraction of sp³-hybridized carbons (Fsp3) is 0.667. The molecule has 1 aliphatic carbocycles. The first-order valence-corrected chi connectivity index (χ1v) is 13.8. The van der Waals surface area contributed by atoms with Crippen LogP contribution in [0.3, 0.4) is 0 Å². The standard InChI is InChI=1S/C29H43N5O3.CH4/c1-22-10-12-23(13-11-22)18-25(32-27(36)37-28(2,3)4)26(35)33-16-14-29(15-17-33,19-34-21-30-20-31-34)24-8-6-5-7-9-24;/h10-13,20-21,24-25H,5-9,14-19H2,1-4H3,(H,32,36);1H4. The van der Waals surface area contributed by atoms with E-state index in [0.29, 0.717) is 25.4 Å². The quantitative estimate of drug-likeness (QED) is 0.512. The summed E-state index contributed by atoms with van der Waals surface area (Å²) >= 11 is 0. The number of ether oxygens (including phenoxy) is 1. The SMILES string of the molecule is C.Cc1ccc(CC(NC(=O)OC(C)(C)C)C(=O)N2CCC(Cn3cncn3)(C3CCCCC3)CC2)cc1. The van der Waals surface area contributed by atoms with E-state index in [1.165, 1.54) is 32.1 Å². The van der Waals surface area contributed by atoms with Gasteiger partial charge in [0.05, 0.1) is 0 Å². The first-order chi connectivity index (χ1) is 17.6. The van der Waals surface area contributed by atoms with Crippen molar-refractivity contribution in [3.63, 3.8) is 0 Å². The number of aromatic nitrogens is 3. The highest BCUT2D eigenvalue weighted by Crippen LogP contribution is 2.47. The third kappa shape index (κ3) is 7.81. The number of carbonyl (C=O) groups is 2. The fourth-order valence-corrected chi connectivity index (χ4v) is 6.05. The highest BCUT2D eigenvalue weighted by Gasteiger charge is 2.44.